The molecule has 14 heavy (non-hydrogen) atoms. The predicted molar refractivity (Wildman–Crippen MR) is 59.2 cm³/mol. The molecule has 0 aromatic heterocycles. The number of phenolic OH excluding ortho intramolecular Hbond substituents is 2. The normalized spacial score (nSPS) is 10.9. The van der Waals surface area contributed by atoms with Gasteiger partial charge in [0.05, 0.1) is 3.57 Å². The third-order valence-corrected chi connectivity index (χ3v) is 2.94. The van der Waals surface area contributed by atoms with Crippen molar-refractivity contribution in [3.8, 4) is 11.5 Å². The molecule has 1 aromatic rings. The molecule has 2 N–H and O–H groups in total. The second kappa shape index (κ2) is 4.81. The Balaban J connectivity index is 3.16. The van der Waals surface area contributed by atoms with Crippen molar-refractivity contribution in [2.45, 2.75) is 6.29 Å². The van der Waals surface area contributed by atoms with E-state index in [1.165, 1.54) is 20.3 Å². The van der Waals surface area contributed by atoms with Crippen LogP contribution < -0.4 is 0 Å². The zero-order chi connectivity index (χ0) is 10.7. The van der Waals surface area contributed by atoms with Gasteiger partial charge in [0.1, 0.15) is 0 Å². The summed E-state index contributed by atoms with van der Waals surface area (Å²) in [6.07, 6.45) is -0.534. The van der Waals surface area contributed by atoms with Crippen molar-refractivity contribution >= 4 is 22.6 Å². The first-order valence-electron chi connectivity index (χ1n) is 3.87. The van der Waals surface area contributed by atoms with Gasteiger partial charge in [0, 0.05) is 19.8 Å². The molecule has 0 saturated carbocycles. The number of phenols is 2. The number of benzene rings is 1. The van der Waals surface area contributed by atoms with Crippen LogP contribution in [0.5, 0.6) is 11.5 Å². The average Bonchev–Trinajstić information content (AvgIpc) is 2.19. The Morgan fingerprint density at radius 1 is 1.21 bits per heavy atom. The van der Waals surface area contributed by atoms with Gasteiger partial charge in [-0.15, -0.1) is 0 Å². The first-order valence-corrected chi connectivity index (χ1v) is 4.95. The van der Waals surface area contributed by atoms with Crippen molar-refractivity contribution in [1.82, 2.24) is 0 Å². The Kier molecular flexibility index (Phi) is 3.97. The van der Waals surface area contributed by atoms with Gasteiger partial charge >= 0.3 is 0 Å². The number of aromatic hydroxyl groups is 2. The van der Waals surface area contributed by atoms with E-state index in [0.29, 0.717) is 9.13 Å². The van der Waals surface area contributed by atoms with Crippen LogP contribution in [0.1, 0.15) is 11.9 Å². The Hall–Kier alpha value is -0.530. The number of hydrogen-bond donors (Lipinski definition) is 2. The summed E-state index contributed by atoms with van der Waals surface area (Å²) < 4.78 is 10.6. The minimum Gasteiger partial charge on any atom is -0.504 e. The molecule has 0 spiro atoms. The maximum absolute atomic E-state index is 9.46. The number of hydrogen-bond acceptors (Lipinski definition) is 4. The standard InChI is InChI=1S/C9H11IO4/c1-13-9(14-2)5-3-4-6(11)8(12)7(5)10/h3-4,9,11-12H,1-2H3. The van der Waals surface area contributed by atoms with Crippen molar-refractivity contribution in [1.29, 1.82) is 0 Å². The number of halogens is 1. The molecule has 0 radical (unpaired) electrons. The lowest BCUT2D eigenvalue weighted by Gasteiger charge is -2.16. The zero-order valence-electron chi connectivity index (χ0n) is 7.82. The summed E-state index contributed by atoms with van der Waals surface area (Å²) in [4.78, 5) is 0. The largest absolute Gasteiger partial charge is 0.504 e. The van der Waals surface area contributed by atoms with Crippen LogP contribution in [0.15, 0.2) is 12.1 Å². The molecule has 0 fully saturated rings. The van der Waals surface area contributed by atoms with E-state index in [0.717, 1.165) is 0 Å². The van der Waals surface area contributed by atoms with Gasteiger partial charge < -0.3 is 19.7 Å². The number of methoxy groups -OCH3 is 2. The van der Waals surface area contributed by atoms with Crippen LogP contribution >= 0.6 is 22.6 Å². The molecular formula is C9H11IO4. The second-order valence-corrected chi connectivity index (χ2v) is 3.72. The quantitative estimate of drug-likeness (QED) is 0.509. The SMILES string of the molecule is COC(OC)c1ccc(O)c(O)c1I. The van der Waals surface area contributed by atoms with Crippen LogP contribution in [-0.2, 0) is 9.47 Å². The van der Waals surface area contributed by atoms with Gasteiger partial charge in [-0.25, -0.2) is 0 Å². The van der Waals surface area contributed by atoms with Crippen molar-refractivity contribution in [3.05, 3.63) is 21.3 Å². The van der Waals surface area contributed by atoms with Gasteiger partial charge in [-0.05, 0) is 34.7 Å². The zero-order valence-corrected chi connectivity index (χ0v) is 9.98. The first kappa shape index (κ1) is 11.5. The predicted octanol–water partition coefficient (Wildman–Crippen LogP) is 1.99. The summed E-state index contributed by atoms with van der Waals surface area (Å²) in [5.41, 5.74) is 0.686. The van der Waals surface area contributed by atoms with Gasteiger partial charge in [-0.3, -0.25) is 0 Å². The number of rotatable bonds is 3. The average molecular weight is 310 g/mol. The fourth-order valence-electron chi connectivity index (χ4n) is 1.10. The lowest BCUT2D eigenvalue weighted by molar-refractivity contribution is -0.106. The van der Waals surface area contributed by atoms with Gasteiger partial charge in [0.25, 0.3) is 0 Å². The van der Waals surface area contributed by atoms with Gasteiger partial charge in [-0.1, -0.05) is 0 Å². The third-order valence-electron chi connectivity index (χ3n) is 1.81. The van der Waals surface area contributed by atoms with Crippen molar-refractivity contribution in [2.24, 2.45) is 0 Å². The minimum atomic E-state index is -0.534. The Labute approximate surface area is 95.6 Å². The smallest absolute Gasteiger partial charge is 0.184 e. The highest BCUT2D eigenvalue weighted by Crippen LogP contribution is 2.35. The lowest BCUT2D eigenvalue weighted by atomic mass is 10.2. The molecule has 0 aliphatic rings. The molecular weight excluding hydrogens is 299 g/mol. The van der Waals surface area contributed by atoms with Crippen LogP contribution in [0.4, 0.5) is 0 Å². The maximum Gasteiger partial charge on any atom is 0.184 e. The highest BCUT2D eigenvalue weighted by Gasteiger charge is 2.17. The lowest BCUT2D eigenvalue weighted by Crippen LogP contribution is -2.05. The molecule has 0 saturated heterocycles. The Bertz CT molecular complexity index is 323. The molecule has 0 amide bonds. The van der Waals surface area contributed by atoms with Gasteiger partial charge in [-0.2, -0.15) is 0 Å². The Morgan fingerprint density at radius 2 is 1.79 bits per heavy atom. The molecule has 1 rings (SSSR count). The molecule has 0 heterocycles. The van der Waals surface area contributed by atoms with E-state index in [-0.39, 0.29) is 11.5 Å². The highest BCUT2D eigenvalue weighted by molar-refractivity contribution is 14.1. The summed E-state index contributed by atoms with van der Waals surface area (Å²) in [5, 5.41) is 18.7. The van der Waals surface area contributed by atoms with E-state index in [4.69, 9.17) is 9.47 Å². The highest BCUT2D eigenvalue weighted by atomic mass is 127. The van der Waals surface area contributed by atoms with Crippen LogP contribution in [0, 0.1) is 3.57 Å². The maximum atomic E-state index is 9.46. The molecule has 4 nitrogen and oxygen atoms in total. The van der Waals surface area contributed by atoms with Crippen LogP contribution in [0.3, 0.4) is 0 Å². The minimum absolute atomic E-state index is 0.149. The summed E-state index contributed by atoms with van der Waals surface area (Å²) in [6.45, 7) is 0. The summed E-state index contributed by atoms with van der Waals surface area (Å²) in [7, 11) is 3.02. The summed E-state index contributed by atoms with van der Waals surface area (Å²) in [6, 6.07) is 3.05. The van der Waals surface area contributed by atoms with E-state index in [9.17, 15) is 10.2 Å². The van der Waals surface area contributed by atoms with Gasteiger partial charge in [0.2, 0.25) is 0 Å². The van der Waals surface area contributed by atoms with Crippen LogP contribution in [0.25, 0.3) is 0 Å². The van der Waals surface area contributed by atoms with E-state index in [1.807, 2.05) is 22.6 Å². The van der Waals surface area contributed by atoms with Crippen molar-refractivity contribution < 1.29 is 19.7 Å². The van der Waals surface area contributed by atoms with Gasteiger partial charge in [0.15, 0.2) is 17.8 Å². The molecule has 5 heteroatoms. The van der Waals surface area contributed by atoms with E-state index in [2.05, 4.69) is 0 Å². The third kappa shape index (κ3) is 2.10. The van der Waals surface area contributed by atoms with Crippen molar-refractivity contribution in [3.63, 3.8) is 0 Å². The van der Waals surface area contributed by atoms with Crippen molar-refractivity contribution in [2.75, 3.05) is 14.2 Å². The molecule has 0 aliphatic carbocycles. The monoisotopic (exact) mass is 310 g/mol. The summed E-state index contributed by atoms with van der Waals surface area (Å²) >= 11 is 1.92. The topological polar surface area (TPSA) is 58.9 Å². The van der Waals surface area contributed by atoms with E-state index < -0.39 is 6.29 Å². The van der Waals surface area contributed by atoms with Crippen LogP contribution in [-0.4, -0.2) is 24.4 Å². The molecule has 0 bridgehead atoms. The summed E-state index contributed by atoms with van der Waals surface area (Å²) in [5.74, 6) is -0.300. The molecule has 0 aliphatic heterocycles. The fraction of sp³-hybridized carbons (Fsp3) is 0.333. The Morgan fingerprint density at radius 3 is 2.29 bits per heavy atom. The second-order valence-electron chi connectivity index (χ2n) is 2.64. The molecule has 0 atom stereocenters. The fourth-order valence-corrected chi connectivity index (χ4v) is 1.81. The van der Waals surface area contributed by atoms with E-state index >= 15 is 0 Å². The first-order chi connectivity index (χ1) is 6.61. The molecule has 1 aromatic carbocycles. The molecule has 78 valence electrons. The number of ether oxygens (including phenoxy) is 2. The molecule has 0 unspecified atom stereocenters. The van der Waals surface area contributed by atoms with E-state index in [1.54, 1.807) is 6.07 Å². The van der Waals surface area contributed by atoms with Crippen LogP contribution in [0.2, 0.25) is 0 Å².